The smallest absolute Gasteiger partial charge is 0.249 e. The maximum Gasteiger partial charge on any atom is 0.249 e. The molecule has 1 fully saturated rings. The molecule has 6 heteroatoms. The van der Waals surface area contributed by atoms with Crippen LogP contribution in [0.2, 0.25) is 0 Å². The van der Waals surface area contributed by atoms with Crippen molar-refractivity contribution in [2.45, 2.75) is 38.7 Å². The van der Waals surface area contributed by atoms with Gasteiger partial charge in [-0.05, 0) is 30.4 Å². The van der Waals surface area contributed by atoms with Crippen LogP contribution in [0, 0.1) is 0 Å². The van der Waals surface area contributed by atoms with Crippen molar-refractivity contribution in [2.24, 2.45) is 0 Å². The maximum absolute atomic E-state index is 5.60. The summed E-state index contributed by atoms with van der Waals surface area (Å²) in [7, 11) is 0. The van der Waals surface area contributed by atoms with Crippen molar-refractivity contribution in [1.82, 2.24) is 15.2 Å². The van der Waals surface area contributed by atoms with Crippen molar-refractivity contribution < 1.29 is 4.74 Å². The Kier molecular flexibility index (Phi) is 5.02. The van der Waals surface area contributed by atoms with Crippen LogP contribution in [0.3, 0.4) is 0 Å². The minimum atomic E-state index is 0.267. The predicted octanol–water partition coefficient (Wildman–Crippen LogP) is 3.33. The number of benzene rings is 1. The summed E-state index contributed by atoms with van der Waals surface area (Å²) in [6, 6.07) is 8.19. The van der Waals surface area contributed by atoms with Gasteiger partial charge in [-0.15, -0.1) is 5.10 Å². The van der Waals surface area contributed by atoms with Crippen molar-refractivity contribution in [2.75, 3.05) is 23.8 Å². The number of nitrogens with zero attached hydrogens (tertiary/aromatic N) is 3. The van der Waals surface area contributed by atoms with E-state index in [0.29, 0.717) is 17.7 Å². The first kappa shape index (κ1) is 15.7. The fourth-order valence-corrected chi connectivity index (χ4v) is 2.70. The first-order chi connectivity index (χ1) is 11.2. The van der Waals surface area contributed by atoms with Gasteiger partial charge in [0.2, 0.25) is 5.95 Å². The summed E-state index contributed by atoms with van der Waals surface area (Å²) in [5.41, 5.74) is 2.24. The first-order valence-electron chi connectivity index (χ1n) is 8.13. The van der Waals surface area contributed by atoms with Crippen LogP contribution in [0.4, 0.5) is 17.5 Å². The Morgan fingerprint density at radius 2 is 2.17 bits per heavy atom. The van der Waals surface area contributed by atoms with Gasteiger partial charge in [0.25, 0.3) is 0 Å². The van der Waals surface area contributed by atoms with E-state index in [0.717, 1.165) is 31.7 Å². The normalized spacial score (nSPS) is 17.4. The summed E-state index contributed by atoms with van der Waals surface area (Å²) in [5, 5.41) is 14.6. The minimum Gasteiger partial charge on any atom is -0.376 e. The largest absolute Gasteiger partial charge is 0.376 e. The Hall–Kier alpha value is -2.21. The standard InChI is InChI=1S/C17H23N5O/c1-12(2)14-7-3-4-8-15(14)20-17-21-16(11-19-22-17)18-10-13-6-5-9-23-13/h3-4,7-8,11-13H,5-6,9-10H2,1-2H3,(H2,18,20,21,22). The van der Waals surface area contributed by atoms with Crippen LogP contribution in [0.25, 0.3) is 0 Å². The highest BCUT2D eigenvalue weighted by molar-refractivity contribution is 5.59. The highest BCUT2D eigenvalue weighted by Gasteiger charge is 2.15. The van der Waals surface area contributed by atoms with Crippen LogP contribution in [-0.4, -0.2) is 34.4 Å². The second-order valence-electron chi connectivity index (χ2n) is 6.05. The Labute approximate surface area is 136 Å². The van der Waals surface area contributed by atoms with Gasteiger partial charge in [0, 0.05) is 18.8 Å². The summed E-state index contributed by atoms with van der Waals surface area (Å²) < 4.78 is 5.60. The topological polar surface area (TPSA) is 72.0 Å². The van der Waals surface area contributed by atoms with Crippen LogP contribution < -0.4 is 10.6 Å². The molecule has 0 saturated carbocycles. The molecule has 2 N–H and O–H groups in total. The molecule has 1 unspecified atom stereocenters. The van der Waals surface area contributed by atoms with E-state index in [-0.39, 0.29) is 6.10 Å². The van der Waals surface area contributed by atoms with Crippen molar-refractivity contribution in [3.8, 4) is 0 Å². The molecule has 0 radical (unpaired) electrons. The van der Waals surface area contributed by atoms with Gasteiger partial charge in [-0.3, -0.25) is 0 Å². The average molecular weight is 313 g/mol. The zero-order valence-corrected chi connectivity index (χ0v) is 13.6. The summed E-state index contributed by atoms with van der Waals surface area (Å²) in [4.78, 5) is 4.48. The average Bonchev–Trinajstić information content (AvgIpc) is 3.07. The van der Waals surface area contributed by atoms with E-state index >= 15 is 0 Å². The number of nitrogens with one attached hydrogen (secondary N) is 2. The minimum absolute atomic E-state index is 0.267. The molecule has 2 heterocycles. The van der Waals surface area contributed by atoms with Crippen LogP contribution in [0.15, 0.2) is 30.5 Å². The quantitative estimate of drug-likeness (QED) is 0.852. The number of rotatable bonds is 6. The van der Waals surface area contributed by atoms with Gasteiger partial charge in [-0.2, -0.15) is 10.1 Å². The number of anilines is 3. The molecule has 1 aromatic carbocycles. The third kappa shape index (κ3) is 4.16. The van der Waals surface area contributed by atoms with Gasteiger partial charge in [0.1, 0.15) is 0 Å². The van der Waals surface area contributed by atoms with E-state index in [1.54, 1.807) is 6.20 Å². The number of para-hydroxylation sites is 1. The third-order valence-corrected chi connectivity index (χ3v) is 3.92. The fraction of sp³-hybridized carbons (Fsp3) is 0.471. The van der Waals surface area contributed by atoms with E-state index in [1.165, 1.54) is 5.56 Å². The summed E-state index contributed by atoms with van der Waals surface area (Å²) in [6.07, 6.45) is 4.13. The van der Waals surface area contributed by atoms with E-state index in [4.69, 9.17) is 4.74 Å². The SMILES string of the molecule is CC(C)c1ccccc1Nc1nncc(NCC2CCCO2)n1. The zero-order chi connectivity index (χ0) is 16.1. The summed E-state index contributed by atoms with van der Waals surface area (Å²) in [6.45, 7) is 5.94. The Balaban J connectivity index is 1.67. The number of hydrogen-bond acceptors (Lipinski definition) is 6. The molecule has 1 aliphatic heterocycles. The molecule has 2 aromatic rings. The zero-order valence-electron chi connectivity index (χ0n) is 13.6. The molecule has 1 aliphatic rings. The molecule has 122 valence electrons. The van der Waals surface area contributed by atoms with Gasteiger partial charge in [-0.25, -0.2) is 0 Å². The monoisotopic (exact) mass is 313 g/mol. The van der Waals surface area contributed by atoms with Crippen molar-refractivity contribution >= 4 is 17.5 Å². The Morgan fingerprint density at radius 3 is 2.96 bits per heavy atom. The highest BCUT2D eigenvalue weighted by Crippen LogP contribution is 2.25. The van der Waals surface area contributed by atoms with E-state index in [9.17, 15) is 0 Å². The molecule has 0 amide bonds. The van der Waals surface area contributed by atoms with Crippen molar-refractivity contribution in [3.05, 3.63) is 36.0 Å². The summed E-state index contributed by atoms with van der Waals surface area (Å²) >= 11 is 0. The molecule has 1 atom stereocenters. The summed E-state index contributed by atoms with van der Waals surface area (Å²) in [5.74, 6) is 1.63. The van der Waals surface area contributed by atoms with Gasteiger partial charge in [0.15, 0.2) is 5.82 Å². The molecule has 0 spiro atoms. The molecular weight excluding hydrogens is 290 g/mol. The number of hydrogen-bond donors (Lipinski definition) is 2. The van der Waals surface area contributed by atoms with Crippen LogP contribution in [0.5, 0.6) is 0 Å². The molecule has 0 aliphatic carbocycles. The molecule has 1 aromatic heterocycles. The van der Waals surface area contributed by atoms with Gasteiger partial charge in [-0.1, -0.05) is 32.0 Å². The number of aromatic nitrogens is 3. The Morgan fingerprint density at radius 1 is 1.30 bits per heavy atom. The van der Waals surface area contributed by atoms with Gasteiger partial charge < -0.3 is 15.4 Å². The molecule has 6 nitrogen and oxygen atoms in total. The van der Waals surface area contributed by atoms with Crippen molar-refractivity contribution in [1.29, 1.82) is 0 Å². The molecule has 3 rings (SSSR count). The lowest BCUT2D eigenvalue weighted by atomic mass is 10.0. The third-order valence-electron chi connectivity index (χ3n) is 3.92. The molecule has 1 saturated heterocycles. The van der Waals surface area contributed by atoms with Gasteiger partial charge in [0.05, 0.1) is 12.3 Å². The number of ether oxygens (including phenoxy) is 1. The first-order valence-corrected chi connectivity index (χ1v) is 8.13. The van der Waals surface area contributed by atoms with E-state index in [2.05, 4.69) is 45.7 Å². The molecule has 0 bridgehead atoms. The van der Waals surface area contributed by atoms with Crippen molar-refractivity contribution in [3.63, 3.8) is 0 Å². The van der Waals surface area contributed by atoms with Crippen LogP contribution >= 0.6 is 0 Å². The lowest BCUT2D eigenvalue weighted by Crippen LogP contribution is -2.19. The predicted molar refractivity (Wildman–Crippen MR) is 91.1 cm³/mol. The van der Waals surface area contributed by atoms with Crippen LogP contribution in [-0.2, 0) is 4.74 Å². The fourth-order valence-electron chi connectivity index (χ4n) is 2.70. The maximum atomic E-state index is 5.60. The lowest BCUT2D eigenvalue weighted by molar-refractivity contribution is 0.120. The molecular formula is C17H23N5O. The molecule has 23 heavy (non-hydrogen) atoms. The highest BCUT2D eigenvalue weighted by atomic mass is 16.5. The second kappa shape index (κ2) is 7.37. The second-order valence-corrected chi connectivity index (χ2v) is 6.05. The van der Waals surface area contributed by atoms with E-state index in [1.807, 2.05) is 18.2 Å². The Bertz CT molecular complexity index is 640. The van der Waals surface area contributed by atoms with Gasteiger partial charge >= 0.3 is 0 Å². The van der Waals surface area contributed by atoms with Crippen LogP contribution in [0.1, 0.15) is 38.2 Å². The van der Waals surface area contributed by atoms with E-state index < -0.39 is 0 Å². The lowest BCUT2D eigenvalue weighted by Gasteiger charge is -2.14.